The van der Waals surface area contributed by atoms with Gasteiger partial charge >= 0.3 is 0 Å². The molecule has 1 aliphatic rings. The van der Waals surface area contributed by atoms with Gasteiger partial charge in [-0.1, -0.05) is 55.7 Å². The van der Waals surface area contributed by atoms with Crippen LogP contribution in [-0.4, -0.2) is 0 Å². The third-order valence-corrected chi connectivity index (χ3v) is 2.80. The van der Waals surface area contributed by atoms with Crippen LogP contribution in [-0.2, 0) is 0 Å². The molecule has 0 heteroatoms. The fraction of sp³-hybridized carbons (Fsp3) is 0.0667. The Labute approximate surface area is 91.0 Å². The lowest BCUT2D eigenvalue weighted by Crippen LogP contribution is -1.80. The van der Waals surface area contributed by atoms with E-state index in [1.807, 2.05) is 6.08 Å². The van der Waals surface area contributed by atoms with Crippen LogP contribution >= 0.6 is 0 Å². The van der Waals surface area contributed by atoms with Crippen molar-refractivity contribution >= 4 is 11.1 Å². The van der Waals surface area contributed by atoms with Crippen LogP contribution in [0.4, 0.5) is 0 Å². The molecule has 0 fully saturated rings. The Morgan fingerprint density at radius 1 is 1.13 bits per heavy atom. The quantitative estimate of drug-likeness (QED) is 0.618. The Bertz CT molecular complexity index is 485. The van der Waals surface area contributed by atoms with E-state index in [1.54, 1.807) is 6.08 Å². The summed E-state index contributed by atoms with van der Waals surface area (Å²) < 4.78 is 0. The Kier molecular flexibility index (Phi) is 2.42. The second-order valence-electron chi connectivity index (χ2n) is 3.66. The summed E-state index contributed by atoms with van der Waals surface area (Å²) in [6.45, 7) is 9.92. The van der Waals surface area contributed by atoms with Crippen molar-refractivity contribution in [1.29, 1.82) is 0 Å². The molecule has 0 radical (unpaired) electrons. The van der Waals surface area contributed by atoms with E-state index in [1.165, 1.54) is 22.3 Å². The average molecular weight is 194 g/mol. The fourth-order valence-corrected chi connectivity index (χ4v) is 1.93. The van der Waals surface area contributed by atoms with Crippen LogP contribution in [0.25, 0.3) is 11.1 Å². The van der Waals surface area contributed by atoms with E-state index in [9.17, 15) is 0 Å². The minimum atomic E-state index is 1.13. The lowest BCUT2D eigenvalue weighted by Gasteiger charge is -1.99. The van der Waals surface area contributed by atoms with Crippen molar-refractivity contribution in [3.8, 4) is 0 Å². The maximum absolute atomic E-state index is 4.12. The van der Waals surface area contributed by atoms with Gasteiger partial charge in [0, 0.05) is 0 Å². The predicted molar refractivity (Wildman–Crippen MR) is 67.4 cm³/mol. The van der Waals surface area contributed by atoms with E-state index in [0.29, 0.717) is 0 Å². The van der Waals surface area contributed by atoms with Crippen molar-refractivity contribution in [3.63, 3.8) is 0 Å². The summed E-state index contributed by atoms with van der Waals surface area (Å²) >= 11 is 0. The average Bonchev–Trinajstić information content (AvgIpc) is 2.51. The molecule has 0 aromatic heterocycles. The summed E-state index contributed by atoms with van der Waals surface area (Å²) in [5, 5.41) is 0. The highest BCUT2D eigenvalue weighted by molar-refractivity contribution is 6.01. The van der Waals surface area contributed by atoms with E-state index in [2.05, 4.69) is 50.4 Å². The predicted octanol–water partition coefficient (Wildman–Crippen LogP) is 4.23. The molecule has 1 aromatic rings. The molecule has 0 saturated carbocycles. The molecule has 0 amide bonds. The van der Waals surface area contributed by atoms with Crippen LogP contribution in [0.1, 0.15) is 18.1 Å². The second-order valence-corrected chi connectivity index (χ2v) is 3.66. The maximum Gasteiger partial charge on any atom is -0.0103 e. The van der Waals surface area contributed by atoms with Crippen LogP contribution in [0, 0.1) is 0 Å². The lowest BCUT2D eigenvalue weighted by molar-refractivity contribution is 1.59. The van der Waals surface area contributed by atoms with Gasteiger partial charge in [-0.2, -0.15) is 0 Å². The third kappa shape index (κ3) is 1.48. The molecule has 0 spiro atoms. The first-order chi connectivity index (χ1) is 7.25. The first-order valence-electron chi connectivity index (χ1n) is 5.04. The van der Waals surface area contributed by atoms with E-state index >= 15 is 0 Å². The molecule has 0 aliphatic heterocycles. The molecule has 0 atom stereocenters. The van der Waals surface area contributed by atoms with Gasteiger partial charge < -0.3 is 0 Å². The SMILES string of the molecule is C=C/C=C\C1=C(C)C(=C)c2ccccc21. The molecule has 0 nitrogen and oxygen atoms in total. The zero-order valence-corrected chi connectivity index (χ0v) is 8.96. The molecule has 15 heavy (non-hydrogen) atoms. The first kappa shape index (κ1) is 9.72. The number of hydrogen-bond donors (Lipinski definition) is 0. The molecule has 0 saturated heterocycles. The Morgan fingerprint density at radius 2 is 1.80 bits per heavy atom. The molecule has 0 unspecified atom stereocenters. The number of hydrogen-bond acceptors (Lipinski definition) is 0. The standard InChI is InChI=1S/C15H14/c1-4-5-8-13-11(2)12(3)14-9-6-7-10-15(13)14/h4-10H,1,3H2,2H3/b8-5-. The number of fused-ring (bicyclic) bond motifs is 1. The molecule has 2 rings (SSSR count). The molecular formula is C15H14. The molecule has 0 N–H and O–H groups in total. The van der Waals surface area contributed by atoms with Gasteiger partial charge in [-0.25, -0.2) is 0 Å². The van der Waals surface area contributed by atoms with Gasteiger partial charge in [0.25, 0.3) is 0 Å². The van der Waals surface area contributed by atoms with Crippen LogP contribution in [0.5, 0.6) is 0 Å². The summed E-state index contributed by atoms with van der Waals surface area (Å²) in [5.74, 6) is 0. The van der Waals surface area contributed by atoms with Gasteiger partial charge in [-0.3, -0.25) is 0 Å². The van der Waals surface area contributed by atoms with Crippen molar-refractivity contribution in [2.24, 2.45) is 0 Å². The highest BCUT2D eigenvalue weighted by atomic mass is 14.2. The van der Waals surface area contributed by atoms with Gasteiger partial charge in [0.05, 0.1) is 0 Å². The molecule has 0 heterocycles. The fourth-order valence-electron chi connectivity index (χ4n) is 1.93. The zero-order valence-electron chi connectivity index (χ0n) is 8.96. The van der Waals surface area contributed by atoms with Gasteiger partial charge in [0.15, 0.2) is 0 Å². The van der Waals surface area contributed by atoms with Crippen molar-refractivity contribution in [2.75, 3.05) is 0 Å². The van der Waals surface area contributed by atoms with Gasteiger partial charge in [-0.15, -0.1) is 0 Å². The highest BCUT2D eigenvalue weighted by Gasteiger charge is 2.19. The second kappa shape index (κ2) is 3.74. The van der Waals surface area contributed by atoms with E-state index < -0.39 is 0 Å². The van der Waals surface area contributed by atoms with E-state index in [4.69, 9.17) is 0 Å². The largest absolute Gasteiger partial charge is 0.0991 e. The lowest BCUT2D eigenvalue weighted by atomic mass is 10.0. The van der Waals surface area contributed by atoms with Crippen LogP contribution < -0.4 is 0 Å². The third-order valence-electron chi connectivity index (χ3n) is 2.80. The molecule has 1 aromatic carbocycles. The highest BCUT2D eigenvalue weighted by Crippen LogP contribution is 2.40. The Hall–Kier alpha value is -1.82. The summed E-state index contributed by atoms with van der Waals surface area (Å²) in [6.07, 6.45) is 5.86. The summed E-state index contributed by atoms with van der Waals surface area (Å²) in [7, 11) is 0. The molecule has 74 valence electrons. The Balaban J connectivity index is 2.59. The smallest absolute Gasteiger partial charge is 0.0103 e. The topological polar surface area (TPSA) is 0 Å². The summed E-state index contributed by atoms with van der Waals surface area (Å²) in [4.78, 5) is 0. The molecule has 1 aliphatic carbocycles. The molecular weight excluding hydrogens is 180 g/mol. The minimum absolute atomic E-state index is 1.13. The van der Waals surface area contributed by atoms with Crippen molar-refractivity contribution in [2.45, 2.75) is 6.92 Å². The Morgan fingerprint density at radius 3 is 2.47 bits per heavy atom. The van der Waals surface area contributed by atoms with Crippen molar-refractivity contribution in [3.05, 3.63) is 72.4 Å². The van der Waals surface area contributed by atoms with Gasteiger partial charge in [0.1, 0.15) is 0 Å². The zero-order chi connectivity index (χ0) is 10.8. The number of benzene rings is 1. The van der Waals surface area contributed by atoms with Crippen molar-refractivity contribution < 1.29 is 0 Å². The maximum atomic E-state index is 4.12. The minimum Gasteiger partial charge on any atom is -0.0991 e. The monoisotopic (exact) mass is 194 g/mol. The first-order valence-corrected chi connectivity index (χ1v) is 5.04. The molecule has 0 bridgehead atoms. The van der Waals surface area contributed by atoms with Crippen LogP contribution in [0.2, 0.25) is 0 Å². The van der Waals surface area contributed by atoms with Crippen LogP contribution in [0.3, 0.4) is 0 Å². The van der Waals surface area contributed by atoms with Gasteiger partial charge in [0.2, 0.25) is 0 Å². The summed E-state index contributed by atoms with van der Waals surface area (Å²) in [5.41, 5.74) is 6.18. The number of allylic oxidation sites excluding steroid dienone is 6. The van der Waals surface area contributed by atoms with Crippen LogP contribution in [0.15, 0.2) is 61.2 Å². The van der Waals surface area contributed by atoms with E-state index in [0.717, 1.165) is 5.57 Å². The van der Waals surface area contributed by atoms with Gasteiger partial charge in [-0.05, 0) is 34.8 Å². The number of rotatable bonds is 2. The van der Waals surface area contributed by atoms with Crippen molar-refractivity contribution in [1.82, 2.24) is 0 Å². The normalized spacial score (nSPS) is 14.9. The summed E-state index contributed by atoms with van der Waals surface area (Å²) in [6, 6.07) is 8.37. The van der Waals surface area contributed by atoms with E-state index in [-0.39, 0.29) is 0 Å².